The Morgan fingerprint density at radius 2 is 2.00 bits per heavy atom. The van der Waals surface area contributed by atoms with E-state index in [0.29, 0.717) is 13.2 Å². The molecule has 0 aliphatic heterocycles. The molecule has 124 valence electrons. The second-order valence-corrected chi connectivity index (χ2v) is 8.01. The molecule has 0 bridgehead atoms. The van der Waals surface area contributed by atoms with Crippen LogP contribution in [0.1, 0.15) is 40.0 Å². The van der Waals surface area contributed by atoms with Crippen LogP contribution in [0.3, 0.4) is 0 Å². The number of halogens is 2. The highest BCUT2D eigenvalue weighted by molar-refractivity contribution is 14.1. The van der Waals surface area contributed by atoms with Crippen molar-refractivity contribution >= 4 is 44.6 Å². The minimum atomic E-state index is -0.446. The van der Waals surface area contributed by atoms with Gasteiger partial charge in [0.2, 0.25) is 0 Å². The molecular weight excluding hydrogens is 461 g/mol. The summed E-state index contributed by atoms with van der Waals surface area (Å²) in [5.41, 5.74) is -0.446. The highest BCUT2D eigenvalue weighted by atomic mass is 127. The van der Waals surface area contributed by atoms with Gasteiger partial charge in [-0.3, -0.25) is 0 Å². The summed E-state index contributed by atoms with van der Waals surface area (Å²) in [5.74, 6) is 0.868. The zero-order valence-corrected chi connectivity index (χ0v) is 17.0. The van der Waals surface area contributed by atoms with E-state index in [0.717, 1.165) is 29.5 Å². The van der Waals surface area contributed by atoms with Gasteiger partial charge < -0.3 is 14.8 Å². The van der Waals surface area contributed by atoms with E-state index >= 15 is 0 Å². The molecule has 0 saturated carbocycles. The van der Waals surface area contributed by atoms with Crippen LogP contribution in [0.4, 0.5) is 4.79 Å². The van der Waals surface area contributed by atoms with Crippen LogP contribution in [0.5, 0.6) is 5.75 Å². The number of nitrogens with one attached hydrogen (secondary N) is 1. The van der Waals surface area contributed by atoms with E-state index < -0.39 is 5.60 Å². The fourth-order valence-electron chi connectivity index (χ4n) is 1.68. The molecule has 0 spiro atoms. The minimum Gasteiger partial charge on any atom is -0.492 e. The van der Waals surface area contributed by atoms with Crippen molar-refractivity contribution in [3.63, 3.8) is 0 Å². The molecule has 0 atom stereocenters. The first-order valence-corrected chi connectivity index (χ1v) is 9.20. The summed E-state index contributed by atoms with van der Waals surface area (Å²) in [5, 5.41) is 2.75. The highest BCUT2D eigenvalue weighted by Crippen LogP contribution is 2.26. The number of ether oxygens (including phenoxy) is 2. The van der Waals surface area contributed by atoms with E-state index in [-0.39, 0.29) is 6.09 Å². The van der Waals surface area contributed by atoms with Crippen molar-refractivity contribution in [1.82, 2.24) is 5.32 Å². The van der Waals surface area contributed by atoms with Crippen LogP contribution in [-0.2, 0) is 4.74 Å². The molecule has 1 rings (SSSR count). The number of carbonyl (C=O) groups excluding carboxylic acids is 1. The number of alkyl carbamates (subject to hydrolysis) is 1. The number of hydrogen-bond acceptors (Lipinski definition) is 3. The number of rotatable bonds is 7. The SMILES string of the molecule is CC(C)(C)OC(=O)NCCCCCOc1ccc(I)cc1Br. The van der Waals surface area contributed by atoms with Crippen LogP contribution < -0.4 is 10.1 Å². The highest BCUT2D eigenvalue weighted by Gasteiger charge is 2.15. The lowest BCUT2D eigenvalue weighted by Crippen LogP contribution is -2.33. The summed E-state index contributed by atoms with van der Waals surface area (Å²) >= 11 is 5.75. The molecule has 0 saturated heterocycles. The van der Waals surface area contributed by atoms with Gasteiger partial charge in [0.15, 0.2) is 0 Å². The molecule has 4 nitrogen and oxygen atoms in total. The molecule has 6 heteroatoms. The summed E-state index contributed by atoms with van der Waals surface area (Å²) in [6, 6.07) is 6.02. The Morgan fingerprint density at radius 3 is 2.64 bits per heavy atom. The van der Waals surface area contributed by atoms with Gasteiger partial charge in [0, 0.05) is 10.1 Å². The maximum absolute atomic E-state index is 11.4. The number of unbranched alkanes of at least 4 members (excludes halogenated alkanes) is 2. The Labute approximate surface area is 154 Å². The van der Waals surface area contributed by atoms with Crippen molar-refractivity contribution in [1.29, 1.82) is 0 Å². The minimum absolute atomic E-state index is 0.355. The average Bonchev–Trinajstić information content (AvgIpc) is 2.37. The third-order valence-corrected chi connectivity index (χ3v) is 3.93. The molecule has 0 aliphatic rings. The van der Waals surface area contributed by atoms with Crippen molar-refractivity contribution in [2.24, 2.45) is 0 Å². The molecular formula is C16H23BrINO3. The van der Waals surface area contributed by atoms with Crippen molar-refractivity contribution in [2.45, 2.75) is 45.6 Å². The normalized spacial score (nSPS) is 11.1. The smallest absolute Gasteiger partial charge is 0.407 e. The van der Waals surface area contributed by atoms with Crippen LogP contribution in [0.2, 0.25) is 0 Å². The third-order valence-electron chi connectivity index (χ3n) is 2.64. The zero-order valence-electron chi connectivity index (χ0n) is 13.2. The van der Waals surface area contributed by atoms with Gasteiger partial charge in [0.25, 0.3) is 0 Å². The Morgan fingerprint density at radius 1 is 1.27 bits per heavy atom. The summed E-state index contributed by atoms with van der Waals surface area (Å²) in [6.07, 6.45) is 2.51. The number of carbonyl (C=O) groups is 1. The standard InChI is InChI=1S/C16H23BrINO3/c1-16(2,3)22-15(20)19-9-5-4-6-10-21-14-8-7-12(18)11-13(14)17/h7-8,11H,4-6,9-10H2,1-3H3,(H,19,20). The Bertz CT molecular complexity index is 489. The summed E-state index contributed by atoms with van der Waals surface area (Å²) in [7, 11) is 0. The van der Waals surface area contributed by atoms with Crippen LogP contribution in [0, 0.1) is 3.57 Å². The molecule has 22 heavy (non-hydrogen) atoms. The lowest BCUT2D eigenvalue weighted by molar-refractivity contribution is 0.0527. The average molecular weight is 484 g/mol. The predicted octanol–water partition coefficient (Wildman–Crippen LogP) is 5.13. The molecule has 0 aliphatic carbocycles. The largest absolute Gasteiger partial charge is 0.492 e. The molecule has 0 radical (unpaired) electrons. The van der Waals surface area contributed by atoms with Gasteiger partial charge in [-0.25, -0.2) is 4.79 Å². The first kappa shape index (κ1) is 19.5. The monoisotopic (exact) mass is 483 g/mol. The first-order chi connectivity index (χ1) is 10.3. The number of hydrogen-bond donors (Lipinski definition) is 1. The van der Waals surface area contributed by atoms with E-state index in [1.807, 2.05) is 39.0 Å². The van der Waals surface area contributed by atoms with Crippen molar-refractivity contribution in [2.75, 3.05) is 13.2 Å². The fourth-order valence-corrected chi connectivity index (χ4v) is 3.10. The van der Waals surface area contributed by atoms with Gasteiger partial charge in [-0.05, 0) is 96.8 Å². The fraction of sp³-hybridized carbons (Fsp3) is 0.562. The summed E-state index contributed by atoms with van der Waals surface area (Å²) in [4.78, 5) is 11.4. The van der Waals surface area contributed by atoms with Crippen LogP contribution >= 0.6 is 38.5 Å². The quantitative estimate of drug-likeness (QED) is 0.432. The Kier molecular flexibility index (Phi) is 8.53. The lowest BCUT2D eigenvalue weighted by Gasteiger charge is -2.19. The Hall–Kier alpha value is -0.500. The van der Waals surface area contributed by atoms with Crippen LogP contribution in [0.25, 0.3) is 0 Å². The summed E-state index contributed by atoms with van der Waals surface area (Å²) < 4.78 is 13.0. The topological polar surface area (TPSA) is 47.6 Å². The van der Waals surface area contributed by atoms with E-state index in [9.17, 15) is 4.79 Å². The zero-order chi connectivity index (χ0) is 16.6. The van der Waals surface area contributed by atoms with Crippen molar-refractivity contribution in [3.05, 3.63) is 26.2 Å². The molecule has 1 aromatic carbocycles. The van der Waals surface area contributed by atoms with Gasteiger partial charge in [-0.15, -0.1) is 0 Å². The van der Waals surface area contributed by atoms with Gasteiger partial charge in [0.1, 0.15) is 11.4 Å². The first-order valence-electron chi connectivity index (χ1n) is 7.32. The van der Waals surface area contributed by atoms with Gasteiger partial charge in [-0.2, -0.15) is 0 Å². The maximum Gasteiger partial charge on any atom is 0.407 e. The predicted molar refractivity (Wildman–Crippen MR) is 100 cm³/mol. The molecule has 1 amide bonds. The molecule has 1 aromatic rings. The van der Waals surface area contributed by atoms with E-state index in [4.69, 9.17) is 9.47 Å². The van der Waals surface area contributed by atoms with Crippen molar-refractivity contribution in [3.8, 4) is 5.75 Å². The Balaban J connectivity index is 2.07. The van der Waals surface area contributed by atoms with Crippen molar-refractivity contribution < 1.29 is 14.3 Å². The lowest BCUT2D eigenvalue weighted by atomic mass is 10.2. The number of benzene rings is 1. The van der Waals surface area contributed by atoms with E-state index in [1.165, 1.54) is 3.57 Å². The molecule has 0 heterocycles. The van der Waals surface area contributed by atoms with Gasteiger partial charge in [-0.1, -0.05) is 0 Å². The molecule has 0 unspecified atom stereocenters. The van der Waals surface area contributed by atoms with E-state index in [1.54, 1.807) is 0 Å². The second kappa shape index (κ2) is 9.60. The van der Waals surface area contributed by atoms with Crippen LogP contribution in [-0.4, -0.2) is 24.8 Å². The van der Waals surface area contributed by atoms with E-state index in [2.05, 4.69) is 43.8 Å². The van der Waals surface area contributed by atoms with Gasteiger partial charge >= 0.3 is 6.09 Å². The molecule has 1 N–H and O–H groups in total. The second-order valence-electron chi connectivity index (χ2n) is 5.91. The molecule has 0 aromatic heterocycles. The maximum atomic E-state index is 11.4. The molecule has 0 fully saturated rings. The number of amides is 1. The van der Waals surface area contributed by atoms with Gasteiger partial charge in [0.05, 0.1) is 11.1 Å². The van der Waals surface area contributed by atoms with Crippen LogP contribution in [0.15, 0.2) is 22.7 Å². The summed E-state index contributed by atoms with van der Waals surface area (Å²) in [6.45, 7) is 6.86. The third kappa shape index (κ3) is 8.82.